The molecule has 2 aromatic carbocycles. The molecule has 3 rings (SSSR count). The van der Waals surface area contributed by atoms with Gasteiger partial charge in [-0.2, -0.15) is 26.3 Å². The molecule has 11 heteroatoms. The molecular formula is C19H14F6N4O. The van der Waals surface area contributed by atoms with Crippen molar-refractivity contribution in [3.8, 4) is 0 Å². The molecule has 1 amide bonds. The van der Waals surface area contributed by atoms with Crippen LogP contribution in [0.1, 0.15) is 27.2 Å². The molecule has 0 aliphatic rings. The molecule has 0 fully saturated rings. The van der Waals surface area contributed by atoms with Gasteiger partial charge in [0.1, 0.15) is 0 Å². The number of aromatic nitrogens is 2. The van der Waals surface area contributed by atoms with Crippen LogP contribution < -0.4 is 10.6 Å². The second-order valence-corrected chi connectivity index (χ2v) is 6.25. The number of fused-ring (bicyclic) bond motifs is 1. The predicted octanol–water partition coefficient (Wildman–Crippen LogP) is 4.64. The van der Waals surface area contributed by atoms with Crippen LogP contribution in [0.3, 0.4) is 0 Å². The summed E-state index contributed by atoms with van der Waals surface area (Å²) in [6, 6.07) is 7.03. The van der Waals surface area contributed by atoms with Gasteiger partial charge in [-0.1, -0.05) is 12.1 Å². The Morgan fingerprint density at radius 1 is 0.867 bits per heavy atom. The zero-order valence-electron chi connectivity index (χ0n) is 15.3. The predicted molar refractivity (Wildman–Crippen MR) is 96.7 cm³/mol. The molecule has 0 unspecified atom stereocenters. The molecule has 5 nitrogen and oxygen atoms in total. The average molecular weight is 428 g/mol. The number of hydrogen-bond acceptors (Lipinski definition) is 4. The van der Waals surface area contributed by atoms with Crippen molar-refractivity contribution >= 4 is 22.8 Å². The lowest BCUT2D eigenvalue weighted by Gasteiger charge is -2.13. The maximum absolute atomic E-state index is 13.0. The van der Waals surface area contributed by atoms with Crippen molar-refractivity contribution in [2.75, 3.05) is 12.4 Å². The van der Waals surface area contributed by atoms with Crippen molar-refractivity contribution in [1.29, 1.82) is 0 Å². The molecule has 30 heavy (non-hydrogen) atoms. The number of nitrogens with one attached hydrogen (secondary N) is 2. The van der Waals surface area contributed by atoms with Gasteiger partial charge in [0.25, 0.3) is 5.91 Å². The highest BCUT2D eigenvalue weighted by Crippen LogP contribution is 2.32. The number of nitrogens with zero attached hydrogens (tertiary/aromatic N) is 2. The summed E-state index contributed by atoms with van der Waals surface area (Å²) in [7, 11) is 1.35. The zero-order valence-corrected chi connectivity index (χ0v) is 15.3. The van der Waals surface area contributed by atoms with Crippen molar-refractivity contribution in [3.05, 3.63) is 64.8 Å². The topological polar surface area (TPSA) is 66.9 Å². The number of rotatable bonds is 4. The van der Waals surface area contributed by atoms with Gasteiger partial charge in [0, 0.05) is 13.6 Å². The normalized spacial score (nSPS) is 12.1. The molecular weight excluding hydrogens is 414 g/mol. The van der Waals surface area contributed by atoms with E-state index in [1.807, 2.05) is 0 Å². The summed E-state index contributed by atoms with van der Waals surface area (Å²) in [4.78, 5) is 20.3. The van der Waals surface area contributed by atoms with Gasteiger partial charge in [-0.3, -0.25) is 4.79 Å². The lowest BCUT2D eigenvalue weighted by atomic mass is 10.1. The molecule has 1 heterocycles. The van der Waals surface area contributed by atoms with Crippen LogP contribution in [0.25, 0.3) is 11.0 Å². The van der Waals surface area contributed by atoms with Crippen LogP contribution in [-0.4, -0.2) is 22.9 Å². The fourth-order valence-electron chi connectivity index (χ4n) is 2.63. The number of carbonyl (C=O) groups is 1. The van der Waals surface area contributed by atoms with Crippen molar-refractivity contribution in [1.82, 2.24) is 15.3 Å². The SMILES string of the molecule is CNC(=O)c1nc2ccc(C(F)(F)F)cc2nc1NCc1ccc(C(F)(F)F)cc1. The second kappa shape index (κ2) is 7.81. The lowest BCUT2D eigenvalue weighted by molar-refractivity contribution is -0.138. The third-order valence-corrected chi connectivity index (χ3v) is 4.17. The minimum absolute atomic E-state index is 0.0265. The third-order valence-electron chi connectivity index (χ3n) is 4.17. The number of amides is 1. The standard InChI is InChI=1S/C19H14F6N4O/c1-26-17(30)15-16(27-9-10-2-4-11(5-3-10)18(20,21)22)29-14-8-12(19(23,24)25)6-7-13(14)28-15/h2-8H,9H2,1H3,(H,26,30)(H,27,29). The van der Waals surface area contributed by atoms with Gasteiger partial charge in [0.15, 0.2) is 11.5 Å². The summed E-state index contributed by atoms with van der Waals surface area (Å²) in [5, 5.41) is 5.11. The quantitative estimate of drug-likeness (QED) is 0.595. The maximum atomic E-state index is 13.0. The van der Waals surface area contributed by atoms with Crippen LogP contribution >= 0.6 is 0 Å². The minimum Gasteiger partial charge on any atom is -0.364 e. The van der Waals surface area contributed by atoms with Crippen molar-refractivity contribution in [3.63, 3.8) is 0 Å². The summed E-state index contributed by atoms with van der Waals surface area (Å²) in [6.07, 6.45) is -9.05. The Kier molecular flexibility index (Phi) is 5.55. The van der Waals surface area contributed by atoms with Crippen LogP contribution in [0, 0.1) is 0 Å². The van der Waals surface area contributed by atoms with E-state index in [1.54, 1.807) is 0 Å². The van der Waals surface area contributed by atoms with Gasteiger partial charge in [0.2, 0.25) is 0 Å². The Labute approximate surface area is 166 Å². The van der Waals surface area contributed by atoms with E-state index in [4.69, 9.17) is 0 Å². The molecule has 0 saturated heterocycles. The summed E-state index contributed by atoms with van der Waals surface area (Å²) >= 11 is 0. The van der Waals surface area contributed by atoms with Gasteiger partial charge in [-0.25, -0.2) is 9.97 Å². The Hall–Kier alpha value is -3.37. The molecule has 2 N–H and O–H groups in total. The molecule has 0 spiro atoms. The van der Waals surface area contributed by atoms with Crippen LogP contribution in [0.15, 0.2) is 42.5 Å². The first-order valence-electron chi connectivity index (χ1n) is 8.50. The highest BCUT2D eigenvalue weighted by atomic mass is 19.4. The highest BCUT2D eigenvalue weighted by Gasteiger charge is 2.31. The molecule has 3 aromatic rings. The summed E-state index contributed by atoms with van der Waals surface area (Å²) in [5.74, 6) is -0.722. The van der Waals surface area contributed by atoms with E-state index in [1.165, 1.54) is 19.2 Å². The van der Waals surface area contributed by atoms with E-state index >= 15 is 0 Å². The molecule has 0 aliphatic heterocycles. The van der Waals surface area contributed by atoms with E-state index < -0.39 is 29.4 Å². The first-order valence-corrected chi connectivity index (χ1v) is 8.50. The Balaban J connectivity index is 1.94. The largest absolute Gasteiger partial charge is 0.416 e. The summed E-state index contributed by atoms with van der Waals surface area (Å²) < 4.78 is 76.8. The Bertz CT molecular complexity index is 1080. The number of alkyl halides is 6. The van der Waals surface area contributed by atoms with Gasteiger partial charge < -0.3 is 10.6 Å². The molecule has 158 valence electrons. The molecule has 0 aliphatic carbocycles. The van der Waals surface area contributed by atoms with E-state index in [0.717, 1.165) is 30.3 Å². The van der Waals surface area contributed by atoms with Gasteiger partial charge in [-0.05, 0) is 35.9 Å². The van der Waals surface area contributed by atoms with E-state index in [9.17, 15) is 31.1 Å². The second-order valence-electron chi connectivity index (χ2n) is 6.25. The molecule has 0 radical (unpaired) electrons. The number of carbonyl (C=O) groups excluding carboxylic acids is 1. The van der Waals surface area contributed by atoms with Crippen molar-refractivity contribution in [2.45, 2.75) is 18.9 Å². The molecule has 1 aromatic heterocycles. The zero-order chi connectivity index (χ0) is 22.1. The third kappa shape index (κ3) is 4.61. The average Bonchev–Trinajstić information content (AvgIpc) is 2.69. The number of hydrogen-bond donors (Lipinski definition) is 2. The summed E-state index contributed by atoms with van der Waals surface area (Å²) in [5.41, 5.74) is -1.46. The first kappa shape index (κ1) is 21.3. The highest BCUT2D eigenvalue weighted by molar-refractivity contribution is 5.98. The van der Waals surface area contributed by atoms with Crippen molar-refractivity contribution in [2.24, 2.45) is 0 Å². The van der Waals surface area contributed by atoms with E-state index in [-0.39, 0.29) is 29.1 Å². The lowest BCUT2D eigenvalue weighted by Crippen LogP contribution is -2.22. The number of benzene rings is 2. The van der Waals surface area contributed by atoms with Gasteiger partial charge >= 0.3 is 12.4 Å². The number of halogens is 6. The van der Waals surface area contributed by atoms with Crippen LogP contribution in [0.4, 0.5) is 32.2 Å². The molecule has 0 atom stereocenters. The minimum atomic E-state index is -4.58. The van der Waals surface area contributed by atoms with Gasteiger partial charge in [0.05, 0.1) is 22.2 Å². The van der Waals surface area contributed by atoms with Gasteiger partial charge in [-0.15, -0.1) is 0 Å². The molecule has 0 bridgehead atoms. The van der Waals surface area contributed by atoms with Crippen LogP contribution in [0.2, 0.25) is 0 Å². The smallest absolute Gasteiger partial charge is 0.364 e. The maximum Gasteiger partial charge on any atom is 0.416 e. The number of anilines is 1. The van der Waals surface area contributed by atoms with Crippen LogP contribution in [-0.2, 0) is 18.9 Å². The monoisotopic (exact) mass is 428 g/mol. The van der Waals surface area contributed by atoms with E-state index in [0.29, 0.717) is 5.56 Å². The summed E-state index contributed by atoms with van der Waals surface area (Å²) in [6.45, 7) is -0.0265. The van der Waals surface area contributed by atoms with Crippen molar-refractivity contribution < 1.29 is 31.1 Å². The first-order chi connectivity index (χ1) is 14.0. The molecule has 0 saturated carbocycles. The fourth-order valence-corrected chi connectivity index (χ4v) is 2.63. The Morgan fingerprint density at radius 3 is 2.03 bits per heavy atom. The van der Waals surface area contributed by atoms with E-state index in [2.05, 4.69) is 20.6 Å². The van der Waals surface area contributed by atoms with Crippen LogP contribution in [0.5, 0.6) is 0 Å². The Morgan fingerprint density at radius 2 is 1.47 bits per heavy atom. The fraction of sp³-hybridized carbons (Fsp3) is 0.211.